The maximum Gasteiger partial charge on any atom is 0.157 e. The molecule has 1 heterocycles. The van der Waals surface area contributed by atoms with Gasteiger partial charge in [0.1, 0.15) is 0 Å². The van der Waals surface area contributed by atoms with Crippen LogP contribution >= 0.6 is 0 Å². The fourth-order valence-corrected chi connectivity index (χ4v) is 4.49. The molecule has 6 heteroatoms. The minimum absolute atomic E-state index is 0.00388. The molecule has 3 atom stereocenters. The zero-order valence-corrected chi connectivity index (χ0v) is 11.4. The first kappa shape index (κ1) is 14.9. The van der Waals surface area contributed by atoms with E-state index in [1.165, 1.54) is 0 Å². The summed E-state index contributed by atoms with van der Waals surface area (Å²) < 4.78 is 29.7. The van der Waals surface area contributed by atoms with Crippen LogP contribution in [-0.4, -0.2) is 56.4 Å². The fourth-order valence-electron chi connectivity index (χ4n) is 2.28. The van der Waals surface area contributed by atoms with Gasteiger partial charge in [0.05, 0.1) is 17.1 Å². The Morgan fingerprint density at radius 1 is 1.53 bits per heavy atom. The highest BCUT2D eigenvalue weighted by Gasteiger charge is 2.36. The minimum atomic E-state index is -3.15. The lowest BCUT2D eigenvalue weighted by atomic mass is 10.2. The average molecular weight is 265 g/mol. The molecule has 1 fully saturated rings. The first-order chi connectivity index (χ1) is 8.01. The summed E-state index contributed by atoms with van der Waals surface area (Å²) in [6, 6.07) is -0.164. The van der Waals surface area contributed by atoms with Crippen molar-refractivity contribution in [3.8, 4) is 0 Å². The van der Waals surface area contributed by atoms with E-state index in [9.17, 15) is 8.42 Å². The van der Waals surface area contributed by atoms with Crippen LogP contribution in [0.3, 0.4) is 0 Å². The van der Waals surface area contributed by atoms with E-state index < -0.39 is 9.84 Å². The molecule has 1 saturated heterocycles. The molecule has 1 rings (SSSR count). The highest BCUT2D eigenvalue weighted by atomic mass is 32.2. The van der Waals surface area contributed by atoms with Crippen LogP contribution in [0, 0.1) is 0 Å². The van der Waals surface area contributed by atoms with Gasteiger partial charge in [0, 0.05) is 19.3 Å². The highest BCUT2D eigenvalue weighted by Crippen LogP contribution is 2.22. The Kier molecular flexibility index (Phi) is 5.85. The van der Waals surface area contributed by atoms with Crippen molar-refractivity contribution >= 4 is 9.84 Å². The first-order valence-corrected chi connectivity index (χ1v) is 7.90. The number of nitrogens with one attached hydrogen (secondary N) is 1. The monoisotopic (exact) mass is 265 g/mol. The fraction of sp³-hybridized carbons (Fsp3) is 1.00. The third-order valence-electron chi connectivity index (χ3n) is 3.17. The number of rotatable bonds is 7. The van der Waals surface area contributed by atoms with E-state index in [0.717, 1.165) is 0 Å². The van der Waals surface area contributed by atoms with Crippen molar-refractivity contribution in [1.29, 1.82) is 0 Å². The molecule has 3 unspecified atom stereocenters. The van der Waals surface area contributed by atoms with Crippen molar-refractivity contribution in [2.24, 2.45) is 0 Å². The van der Waals surface area contributed by atoms with Crippen LogP contribution in [0.2, 0.25) is 0 Å². The van der Waals surface area contributed by atoms with Crippen molar-refractivity contribution in [3.05, 3.63) is 0 Å². The lowest BCUT2D eigenvalue weighted by Gasteiger charge is -2.21. The maximum absolute atomic E-state index is 12.2. The molecular formula is C11H23NO4S. The van der Waals surface area contributed by atoms with Crippen molar-refractivity contribution < 1.29 is 18.3 Å². The van der Waals surface area contributed by atoms with Gasteiger partial charge >= 0.3 is 0 Å². The van der Waals surface area contributed by atoms with Crippen LogP contribution in [0.5, 0.6) is 0 Å². The smallest absolute Gasteiger partial charge is 0.157 e. The van der Waals surface area contributed by atoms with Crippen LogP contribution in [0.15, 0.2) is 0 Å². The van der Waals surface area contributed by atoms with Crippen molar-refractivity contribution in [1.82, 2.24) is 5.32 Å². The Hall–Kier alpha value is -0.170. The Balaban J connectivity index is 2.63. The summed E-state index contributed by atoms with van der Waals surface area (Å²) in [5, 5.41) is 11.6. The van der Waals surface area contributed by atoms with Crippen LogP contribution in [0.4, 0.5) is 0 Å². The summed E-state index contributed by atoms with van der Waals surface area (Å²) in [6.45, 7) is 4.97. The van der Waals surface area contributed by atoms with Gasteiger partial charge in [0.25, 0.3) is 0 Å². The molecule has 5 nitrogen and oxygen atoms in total. The van der Waals surface area contributed by atoms with Gasteiger partial charge in [-0.05, 0) is 26.3 Å². The second-order valence-electron chi connectivity index (χ2n) is 4.50. The largest absolute Gasteiger partial charge is 0.396 e. The van der Waals surface area contributed by atoms with Crippen LogP contribution in [-0.2, 0) is 14.6 Å². The molecule has 0 bridgehead atoms. The number of ether oxygens (including phenoxy) is 1. The van der Waals surface area contributed by atoms with Crippen molar-refractivity contribution in [2.75, 3.05) is 25.5 Å². The Bertz CT molecular complexity index is 311. The minimum Gasteiger partial charge on any atom is -0.396 e. The predicted molar refractivity (Wildman–Crippen MR) is 66.8 cm³/mol. The SMILES string of the molecule is CCNC(CCO)CS(=O)(=O)C1CCOC1C. The zero-order valence-electron chi connectivity index (χ0n) is 10.6. The highest BCUT2D eigenvalue weighted by molar-refractivity contribution is 7.92. The second kappa shape index (κ2) is 6.68. The Morgan fingerprint density at radius 2 is 2.24 bits per heavy atom. The van der Waals surface area contributed by atoms with Gasteiger partial charge in [-0.1, -0.05) is 6.92 Å². The molecule has 0 aromatic rings. The molecule has 17 heavy (non-hydrogen) atoms. The molecule has 0 spiro atoms. The Morgan fingerprint density at radius 3 is 2.71 bits per heavy atom. The van der Waals surface area contributed by atoms with Crippen LogP contribution in [0.1, 0.15) is 26.7 Å². The second-order valence-corrected chi connectivity index (χ2v) is 6.76. The topological polar surface area (TPSA) is 75.6 Å². The molecule has 0 radical (unpaired) electrons. The standard InChI is InChI=1S/C11H23NO4S/c1-3-12-10(4-6-13)8-17(14,15)11-5-7-16-9(11)2/h9-13H,3-8H2,1-2H3. The van der Waals surface area contributed by atoms with Crippen LogP contribution in [0.25, 0.3) is 0 Å². The van der Waals surface area contributed by atoms with Gasteiger partial charge in [0.2, 0.25) is 0 Å². The van der Waals surface area contributed by atoms with E-state index in [1.807, 2.05) is 13.8 Å². The molecule has 0 saturated carbocycles. The van der Waals surface area contributed by atoms with Gasteiger partial charge in [-0.15, -0.1) is 0 Å². The van der Waals surface area contributed by atoms with Crippen molar-refractivity contribution in [3.63, 3.8) is 0 Å². The number of hydrogen-bond acceptors (Lipinski definition) is 5. The lowest BCUT2D eigenvalue weighted by Crippen LogP contribution is -2.41. The zero-order chi connectivity index (χ0) is 12.9. The number of hydrogen-bond donors (Lipinski definition) is 2. The Labute approximate surface area is 103 Å². The third-order valence-corrected chi connectivity index (χ3v) is 5.58. The lowest BCUT2D eigenvalue weighted by molar-refractivity contribution is 0.126. The molecule has 0 amide bonds. The van der Waals surface area contributed by atoms with E-state index in [1.54, 1.807) is 0 Å². The molecule has 1 aliphatic rings. The summed E-state index contributed by atoms with van der Waals surface area (Å²) in [6.07, 6.45) is 0.840. The quantitative estimate of drug-likeness (QED) is 0.674. The van der Waals surface area contributed by atoms with E-state index >= 15 is 0 Å². The van der Waals surface area contributed by atoms with E-state index in [0.29, 0.717) is 26.0 Å². The summed E-state index contributed by atoms with van der Waals surface area (Å²) >= 11 is 0. The molecule has 0 aliphatic carbocycles. The van der Waals surface area contributed by atoms with E-state index in [-0.39, 0.29) is 29.8 Å². The molecular weight excluding hydrogens is 242 g/mol. The van der Waals surface area contributed by atoms with E-state index in [4.69, 9.17) is 9.84 Å². The predicted octanol–water partition coefficient (Wildman–Crippen LogP) is -0.0609. The van der Waals surface area contributed by atoms with E-state index in [2.05, 4.69) is 5.32 Å². The summed E-state index contributed by atoms with van der Waals surface area (Å²) in [5.41, 5.74) is 0. The number of aliphatic hydroxyl groups excluding tert-OH is 1. The van der Waals surface area contributed by atoms with Crippen molar-refractivity contribution in [2.45, 2.75) is 44.1 Å². The normalized spacial score (nSPS) is 27.2. The van der Waals surface area contributed by atoms with Gasteiger partial charge in [-0.25, -0.2) is 8.42 Å². The number of aliphatic hydroxyl groups is 1. The average Bonchev–Trinajstić information content (AvgIpc) is 2.65. The summed E-state index contributed by atoms with van der Waals surface area (Å²) in [7, 11) is -3.15. The van der Waals surface area contributed by atoms with Gasteiger partial charge in [0.15, 0.2) is 9.84 Å². The summed E-state index contributed by atoms with van der Waals surface area (Å²) in [4.78, 5) is 0. The van der Waals surface area contributed by atoms with Gasteiger partial charge in [-0.3, -0.25) is 0 Å². The number of sulfone groups is 1. The van der Waals surface area contributed by atoms with Gasteiger partial charge in [-0.2, -0.15) is 0 Å². The molecule has 2 N–H and O–H groups in total. The molecule has 102 valence electrons. The van der Waals surface area contributed by atoms with Crippen LogP contribution < -0.4 is 5.32 Å². The first-order valence-electron chi connectivity index (χ1n) is 6.18. The third kappa shape index (κ3) is 4.21. The molecule has 0 aromatic heterocycles. The summed E-state index contributed by atoms with van der Waals surface area (Å²) in [5.74, 6) is 0.0831. The molecule has 0 aromatic carbocycles. The maximum atomic E-state index is 12.2. The molecule has 1 aliphatic heterocycles. The van der Waals surface area contributed by atoms with Gasteiger partial charge < -0.3 is 15.2 Å².